The summed E-state index contributed by atoms with van der Waals surface area (Å²) in [5, 5.41) is 2.63. The minimum atomic E-state index is -3.46. The second-order valence-electron chi connectivity index (χ2n) is 4.44. The van der Waals surface area contributed by atoms with Crippen LogP contribution < -0.4 is 5.32 Å². The summed E-state index contributed by atoms with van der Waals surface area (Å²) in [5.74, 6) is -0.378. The molecule has 1 saturated heterocycles. The predicted octanol–water partition coefficient (Wildman–Crippen LogP) is 1.10. The molecule has 1 aliphatic heterocycles. The highest BCUT2D eigenvalue weighted by molar-refractivity contribution is 7.90. The van der Waals surface area contributed by atoms with E-state index in [-0.39, 0.29) is 24.9 Å². The largest absolute Gasteiger partial charge is 0.322 e. The maximum atomic E-state index is 12.7. The van der Waals surface area contributed by atoms with Gasteiger partial charge in [-0.3, -0.25) is 0 Å². The van der Waals surface area contributed by atoms with Gasteiger partial charge in [0.05, 0.1) is 6.26 Å². The number of anilines is 1. The van der Waals surface area contributed by atoms with Crippen molar-refractivity contribution in [2.45, 2.75) is 0 Å². The lowest BCUT2D eigenvalue weighted by molar-refractivity contribution is 0.185. The first-order valence-electron chi connectivity index (χ1n) is 6.01. The quantitative estimate of drug-likeness (QED) is 0.889. The van der Waals surface area contributed by atoms with Crippen molar-refractivity contribution in [2.24, 2.45) is 0 Å². The fraction of sp³-hybridized carbons (Fsp3) is 0.333. The van der Waals surface area contributed by atoms with Crippen molar-refractivity contribution in [3.8, 4) is 0 Å². The number of carbonyl (C=O) groups excluding carboxylic acids is 1. The Balaban J connectivity index is 1.90. The van der Waals surface area contributed by atoms with E-state index in [0.717, 1.165) is 0 Å². The van der Waals surface area contributed by atoms with Crippen molar-refractivity contribution >= 4 is 21.7 Å². The van der Waals surface area contributed by atoms with Gasteiger partial charge in [0, 0.05) is 31.9 Å². The van der Waals surface area contributed by atoms with Crippen LogP contribution in [0.2, 0.25) is 0 Å². The maximum Gasteiger partial charge on any atom is 0.321 e. The van der Waals surface area contributed by atoms with E-state index < -0.39 is 10.0 Å². The molecule has 1 heterocycles. The van der Waals surface area contributed by atoms with Gasteiger partial charge < -0.3 is 10.2 Å². The Morgan fingerprint density at radius 3 is 2.20 bits per heavy atom. The van der Waals surface area contributed by atoms with Crippen LogP contribution in [0.25, 0.3) is 0 Å². The zero-order chi connectivity index (χ0) is 14.8. The Hall–Kier alpha value is -1.67. The van der Waals surface area contributed by atoms with Crippen molar-refractivity contribution in [1.82, 2.24) is 9.21 Å². The number of piperazine rings is 1. The Bertz CT molecular complexity index is 580. The van der Waals surface area contributed by atoms with Crippen LogP contribution in [0, 0.1) is 12.1 Å². The molecule has 0 saturated carbocycles. The van der Waals surface area contributed by atoms with Gasteiger partial charge in [-0.25, -0.2) is 17.6 Å². The Labute approximate surface area is 117 Å². The number of hydrogen-bond acceptors (Lipinski definition) is 3. The standard InChI is InChI=1S/C12H15FN3O3S/c1-20(18,19)16-8-6-15(7-9-16)12(17)14-11-4-2-10(13)3-5-11/h2-5H,1,6-9H2,(H,14,17). The molecular formula is C12H15FN3O3S. The highest BCUT2D eigenvalue weighted by Crippen LogP contribution is 2.11. The van der Waals surface area contributed by atoms with Crippen LogP contribution in [0.5, 0.6) is 0 Å². The Morgan fingerprint density at radius 2 is 1.70 bits per heavy atom. The number of nitrogens with one attached hydrogen (secondary N) is 1. The number of carbonyl (C=O) groups is 1. The second kappa shape index (κ2) is 5.76. The zero-order valence-electron chi connectivity index (χ0n) is 10.8. The summed E-state index contributed by atoms with van der Waals surface area (Å²) >= 11 is 0. The van der Waals surface area contributed by atoms with E-state index in [1.54, 1.807) is 0 Å². The highest BCUT2D eigenvalue weighted by Gasteiger charge is 2.26. The van der Waals surface area contributed by atoms with E-state index in [2.05, 4.69) is 11.6 Å². The molecule has 0 unspecified atom stereocenters. The average molecular weight is 300 g/mol. The number of urea groups is 1. The number of benzene rings is 1. The van der Waals surface area contributed by atoms with Gasteiger partial charge in [0.15, 0.2) is 0 Å². The summed E-state index contributed by atoms with van der Waals surface area (Å²) in [7, 11) is -3.46. The van der Waals surface area contributed by atoms with Crippen LogP contribution in [-0.2, 0) is 10.0 Å². The molecule has 0 bridgehead atoms. The molecule has 0 aliphatic carbocycles. The van der Waals surface area contributed by atoms with Crippen LogP contribution in [0.15, 0.2) is 24.3 Å². The molecule has 0 aromatic heterocycles. The normalized spacial score (nSPS) is 17.0. The first kappa shape index (κ1) is 14.7. The summed E-state index contributed by atoms with van der Waals surface area (Å²) in [6, 6.07) is 5.09. The zero-order valence-corrected chi connectivity index (χ0v) is 11.6. The maximum absolute atomic E-state index is 12.7. The van der Waals surface area contributed by atoms with Crippen LogP contribution in [-0.4, -0.2) is 49.8 Å². The van der Waals surface area contributed by atoms with Gasteiger partial charge >= 0.3 is 6.03 Å². The number of halogens is 1. The molecule has 1 N–H and O–H groups in total. The number of sulfonamides is 1. The fourth-order valence-corrected chi connectivity index (χ4v) is 2.62. The van der Waals surface area contributed by atoms with Gasteiger partial charge in [0.2, 0.25) is 10.0 Å². The van der Waals surface area contributed by atoms with E-state index in [1.807, 2.05) is 0 Å². The predicted molar refractivity (Wildman–Crippen MR) is 72.8 cm³/mol. The first-order valence-corrected chi connectivity index (χ1v) is 7.62. The molecule has 109 valence electrons. The number of nitrogens with zero attached hydrogens (tertiary/aromatic N) is 2. The fourth-order valence-electron chi connectivity index (χ4n) is 1.91. The SMILES string of the molecule is [CH2]S(=O)(=O)N1CCN(C(=O)Nc2ccc(F)cc2)CC1. The van der Waals surface area contributed by atoms with Crippen molar-refractivity contribution in [3.05, 3.63) is 36.3 Å². The van der Waals surface area contributed by atoms with Crippen LogP contribution >= 0.6 is 0 Å². The van der Waals surface area contributed by atoms with E-state index in [4.69, 9.17) is 0 Å². The molecule has 1 radical (unpaired) electrons. The number of hydrogen-bond donors (Lipinski definition) is 1. The van der Waals surface area contributed by atoms with E-state index in [9.17, 15) is 17.6 Å². The van der Waals surface area contributed by atoms with Gasteiger partial charge in [-0.1, -0.05) is 0 Å². The lowest BCUT2D eigenvalue weighted by atomic mass is 10.3. The molecule has 0 spiro atoms. The molecular weight excluding hydrogens is 285 g/mol. The summed E-state index contributed by atoms with van der Waals surface area (Å²) < 4.78 is 36.5. The van der Waals surface area contributed by atoms with Crippen molar-refractivity contribution < 1.29 is 17.6 Å². The lowest BCUT2D eigenvalue weighted by Gasteiger charge is -2.33. The minimum Gasteiger partial charge on any atom is -0.322 e. The molecule has 1 aromatic rings. The molecule has 2 amide bonds. The topological polar surface area (TPSA) is 69.7 Å². The smallest absolute Gasteiger partial charge is 0.321 e. The summed E-state index contributed by atoms with van der Waals surface area (Å²) in [6.45, 7) is 1.04. The average Bonchev–Trinajstić information content (AvgIpc) is 2.40. The third-order valence-corrected chi connectivity index (χ3v) is 4.17. The third kappa shape index (κ3) is 3.67. The Kier molecular flexibility index (Phi) is 4.24. The molecule has 8 heteroatoms. The van der Waals surface area contributed by atoms with Crippen LogP contribution in [0.1, 0.15) is 0 Å². The van der Waals surface area contributed by atoms with Crippen LogP contribution in [0.3, 0.4) is 0 Å². The monoisotopic (exact) mass is 300 g/mol. The number of amides is 2. The third-order valence-electron chi connectivity index (χ3n) is 3.01. The minimum absolute atomic E-state index is 0.225. The highest BCUT2D eigenvalue weighted by atomic mass is 32.2. The lowest BCUT2D eigenvalue weighted by Crippen LogP contribution is -2.51. The van der Waals surface area contributed by atoms with Gasteiger partial charge in [0.25, 0.3) is 0 Å². The summed E-state index contributed by atoms with van der Waals surface area (Å²) in [4.78, 5) is 13.5. The van der Waals surface area contributed by atoms with E-state index >= 15 is 0 Å². The van der Waals surface area contributed by atoms with Gasteiger partial charge in [0.1, 0.15) is 5.82 Å². The number of rotatable bonds is 2. The van der Waals surface area contributed by atoms with Gasteiger partial charge in [-0.05, 0) is 24.3 Å². The molecule has 1 aromatic carbocycles. The summed E-state index contributed by atoms with van der Waals surface area (Å²) in [6.07, 6.45) is 3.08. The van der Waals surface area contributed by atoms with Crippen molar-refractivity contribution in [1.29, 1.82) is 0 Å². The molecule has 0 atom stereocenters. The summed E-state index contributed by atoms with van der Waals surface area (Å²) in [5.41, 5.74) is 0.489. The van der Waals surface area contributed by atoms with Gasteiger partial charge in [-0.15, -0.1) is 0 Å². The first-order chi connectivity index (χ1) is 9.36. The molecule has 1 aliphatic rings. The molecule has 20 heavy (non-hydrogen) atoms. The van der Waals surface area contributed by atoms with Crippen LogP contribution in [0.4, 0.5) is 14.9 Å². The van der Waals surface area contributed by atoms with Gasteiger partial charge in [-0.2, -0.15) is 4.31 Å². The molecule has 6 nitrogen and oxygen atoms in total. The van der Waals surface area contributed by atoms with E-state index in [1.165, 1.54) is 33.5 Å². The Morgan fingerprint density at radius 1 is 1.15 bits per heavy atom. The second-order valence-corrected chi connectivity index (χ2v) is 6.12. The molecule has 1 fully saturated rings. The van der Waals surface area contributed by atoms with E-state index in [0.29, 0.717) is 18.8 Å². The van der Waals surface area contributed by atoms with Crippen molar-refractivity contribution in [3.63, 3.8) is 0 Å². The molecule has 2 rings (SSSR count). The van der Waals surface area contributed by atoms with Crippen molar-refractivity contribution in [2.75, 3.05) is 31.5 Å².